The topological polar surface area (TPSA) is 466 Å². The van der Waals surface area contributed by atoms with Gasteiger partial charge in [0.05, 0.1) is 47.6 Å². The zero-order valence-electron chi connectivity index (χ0n) is 67.5. The maximum absolute atomic E-state index is 11.9. The molecule has 4 aromatic carbocycles. The number of phenolic OH excluding ortho intramolecular Hbond substituents is 1. The predicted octanol–water partition coefficient (Wildman–Crippen LogP) is -3.26. The number of thiol groups is 1. The molecule has 1 aliphatic rings. The summed E-state index contributed by atoms with van der Waals surface area (Å²) in [6.45, 7) is 15.6. The number of phenols is 1. The van der Waals surface area contributed by atoms with Crippen LogP contribution in [0.3, 0.4) is 0 Å². The number of aliphatic carboxylic acids is 2. The van der Waals surface area contributed by atoms with E-state index in [2.05, 4.69) is 58.0 Å². The Morgan fingerprint density at radius 1 is 0.616 bits per heavy atom. The van der Waals surface area contributed by atoms with Gasteiger partial charge in [0.1, 0.15) is 80.6 Å². The number of pyridine rings is 4. The molecule has 2 atom stereocenters. The molecule has 7 N–H and O–H groups in total. The van der Waals surface area contributed by atoms with Crippen molar-refractivity contribution >= 4 is 122 Å². The molecule has 584 valence electrons. The van der Waals surface area contributed by atoms with E-state index in [1.165, 1.54) is 16.7 Å². The number of aliphatic imine (C=N–C) groups is 1. The van der Waals surface area contributed by atoms with Crippen LogP contribution in [0.2, 0.25) is 0 Å². The smallest absolute Gasteiger partial charge is 1.00 e. The van der Waals surface area contributed by atoms with Crippen LogP contribution in [0.5, 0.6) is 23.0 Å². The van der Waals surface area contributed by atoms with Crippen molar-refractivity contribution in [1.29, 1.82) is 15.8 Å². The van der Waals surface area contributed by atoms with E-state index in [1.54, 1.807) is 61.5 Å². The molecular formula is C74H92ClK4N13O18S2. The zero-order chi connectivity index (χ0) is 80.6. The maximum atomic E-state index is 11.9. The largest absolute Gasteiger partial charge is 1.00 e. The molecule has 4 aromatic heterocycles. The fraction of sp³-hybridized carbons (Fsp3) is 0.378. The molecule has 0 saturated heterocycles. The number of amides is 2. The third kappa shape index (κ3) is 47.7. The number of aromatic nitrogens is 4. The summed E-state index contributed by atoms with van der Waals surface area (Å²) >= 11 is 10.6. The van der Waals surface area contributed by atoms with Gasteiger partial charge in [0, 0.05) is 66.1 Å². The number of nitrogens with zero attached hydrogens (tertiary/aromatic N) is 10. The van der Waals surface area contributed by atoms with Crippen LogP contribution in [0.1, 0.15) is 92.9 Å². The van der Waals surface area contributed by atoms with Crippen LogP contribution >= 0.6 is 36.0 Å². The molecule has 0 bridgehead atoms. The third-order valence-corrected chi connectivity index (χ3v) is 15.1. The second kappa shape index (κ2) is 63.7. The van der Waals surface area contributed by atoms with Gasteiger partial charge in [-0.15, -0.1) is 23.4 Å². The number of hydrogen-bond donors (Lipinski definition) is 7. The van der Waals surface area contributed by atoms with Crippen molar-refractivity contribution in [2.45, 2.75) is 90.5 Å². The number of rotatable bonds is 24. The quantitative estimate of drug-likeness (QED) is 0.00594. The van der Waals surface area contributed by atoms with E-state index in [0.29, 0.717) is 73.1 Å². The zero-order valence-corrected chi connectivity index (χ0v) is 80.5. The second-order valence-corrected chi connectivity index (χ2v) is 26.1. The average molecular weight is 1710 g/mol. The molecule has 0 saturated carbocycles. The first kappa shape index (κ1) is 112. The van der Waals surface area contributed by atoms with Crippen LogP contribution in [-0.2, 0) is 38.4 Å². The first-order chi connectivity index (χ1) is 51.4. The summed E-state index contributed by atoms with van der Waals surface area (Å²) in [5.74, 6) is 1.93. The number of carbonyl (C=O) groups excluding carboxylic acids is 4. The molecule has 0 spiro atoms. The number of aromatic hydroxyl groups is 1. The minimum absolute atomic E-state index is 0. The molecular weight excluding hydrogens is 1610 g/mol. The Balaban J connectivity index is -0.000000417. The summed E-state index contributed by atoms with van der Waals surface area (Å²) in [5, 5.41) is 79.9. The van der Waals surface area contributed by atoms with Crippen LogP contribution in [0.4, 0.5) is 9.59 Å². The van der Waals surface area contributed by atoms with Crippen molar-refractivity contribution in [2.75, 3.05) is 91.6 Å². The van der Waals surface area contributed by atoms with Crippen molar-refractivity contribution in [3.8, 4) is 41.2 Å². The molecule has 8 aromatic rings. The molecule has 0 fully saturated rings. The van der Waals surface area contributed by atoms with Crippen molar-refractivity contribution in [3.05, 3.63) is 144 Å². The molecule has 31 nitrogen and oxygen atoms in total. The maximum Gasteiger partial charge on any atom is 1.00 e. The molecule has 1 aliphatic heterocycles. The predicted molar refractivity (Wildman–Crippen MR) is 410 cm³/mol. The number of carboxylic acids is 2. The molecule has 0 radical (unpaired) electrons. The van der Waals surface area contributed by atoms with Crippen molar-refractivity contribution in [1.82, 2.24) is 40.4 Å². The SMILES string of the molecule is CN(CCCCl)C(=O)OC(C)(C)C.CN(CCCOc1ccc2nc(C#N)ccc2c1)C(=O)OC(C)(C)C.CNCCCOc1ccc2nc(C#N)ccc2c1.CNCCCOc1ccc2nc(C3=N[C@@H](C(=O)O)CS3)ccc2c1.N#Cc1ccc2cc(O)ccc2n1.N[C@H](CS)C(=O)O.O=CO[O-].O=CO[O-].[H-].[H-].[K+].[K+].[K+].[K+]. The Morgan fingerprint density at radius 2 is 0.973 bits per heavy atom. The fourth-order valence-corrected chi connectivity index (χ4v) is 9.52. The van der Waals surface area contributed by atoms with E-state index >= 15 is 0 Å². The van der Waals surface area contributed by atoms with E-state index in [0.717, 1.165) is 98.9 Å². The Hall–Kier alpha value is -4.38. The average Bonchev–Trinajstić information content (AvgIpc) is 1.55. The molecule has 5 heterocycles. The first-order valence-corrected chi connectivity index (χ1v) is 35.2. The van der Waals surface area contributed by atoms with Crippen molar-refractivity contribution < 1.29 is 296 Å². The Morgan fingerprint density at radius 3 is 1.29 bits per heavy atom. The Kier molecular flexibility index (Phi) is 63.6. The third-order valence-electron chi connectivity index (χ3n) is 13.4. The van der Waals surface area contributed by atoms with E-state index in [-0.39, 0.29) is 245 Å². The Labute approximate surface area is 839 Å². The van der Waals surface area contributed by atoms with Crippen LogP contribution in [-0.4, -0.2) is 202 Å². The van der Waals surface area contributed by atoms with E-state index in [4.69, 9.17) is 92.2 Å². The van der Waals surface area contributed by atoms with Gasteiger partial charge in [0.2, 0.25) is 0 Å². The molecule has 38 heteroatoms. The number of nitriles is 3. The van der Waals surface area contributed by atoms with Gasteiger partial charge in [-0.2, -0.15) is 28.4 Å². The van der Waals surface area contributed by atoms with Gasteiger partial charge in [-0.25, -0.2) is 34.3 Å². The van der Waals surface area contributed by atoms with Gasteiger partial charge in [-0.3, -0.25) is 19.4 Å². The van der Waals surface area contributed by atoms with Gasteiger partial charge in [-0.05, 0) is 210 Å². The number of thioether (sulfide) groups is 1. The van der Waals surface area contributed by atoms with Crippen molar-refractivity contribution in [2.24, 2.45) is 10.7 Å². The molecule has 112 heavy (non-hydrogen) atoms. The number of hydrogen-bond acceptors (Lipinski definition) is 29. The van der Waals surface area contributed by atoms with Gasteiger partial charge in [0.15, 0.2) is 6.04 Å². The summed E-state index contributed by atoms with van der Waals surface area (Å²) < 4.78 is 27.5. The van der Waals surface area contributed by atoms with Crippen molar-refractivity contribution in [3.63, 3.8) is 0 Å². The van der Waals surface area contributed by atoms with Gasteiger partial charge in [-0.1, -0.05) is 6.07 Å². The molecule has 0 unspecified atom stereocenters. The molecule has 9 rings (SSSR count). The number of benzene rings is 4. The minimum atomic E-state index is -1.00. The van der Waals surface area contributed by atoms with Crippen LogP contribution in [0.25, 0.3) is 43.6 Å². The van der Waals surface area contributed by atoms with Crippen LogP contribution < -0.4 is 247 Å². The molecule has 2 amide bonds. The summed E-state index contributed by atoms with van der Waals surface area (Å²) in [5.41, 5.74) is 9.10. The monoisotopic (exact) mass is 1710 g/mol. The number of fused-ring (bicyclic) bond motifs is 4. The Bertz CT molecular complexity index is 4340. The number of halogens is 1. The number of carbonyl (C=O) groups is 6. The van der Waals surface area contributed by atoms with Gasteiger partial charge < -0.3 is 88.3 Å². The van der Waals surface area contributed by atoms with E-state index < -0.39 is 35.2 Å². The first-order valence-electron chi connectivity index (χ1n) is 33.1. The van der Waals surface area contributed by atoms with E-state index in [9.17, 15) is 19.2 Å². The number of alkyl halides is 1. The summed E-state index contributed by atoms with van der Waals surface area (Å²) in [6, 6.07) is 40.8. The number of ether oxygens (including phenoxy) is 5. The van der Waals surface area contributed by atoms with Crippen LogP contribution in [0, 0.1) is 34.0 Å². The van der Waals surface area contributed by atoms with Gasteiger partial charge in [0.25, 0.3) is 12.9 Å². The minimum Gasteiger partial charge on any atom is -1.00 e. The summed E-state index contributed by atoms with van der Waals surface area (Å²) in [7, 11) is 7.27. The van der Waals surface area contributed by atoms with E-state index in [1.807, 2.05) is 153 Å². The summed E-state index contributed by atoms with van der Waals surface area (Å²) in [4.78, 5) is 90.8. The fourth-order valence-electron chi connectivity index (χ4n) is 8.25. The number of carboxylic acid groups (broad SMARTS) is 2. The number of nitrogens with one attached hydrogen (secondary N) is 2. The van der Waals surface area contributed by atoms with Crippen LogP contribution in [0.15, 0.2) is 126 Å². The standard InChI is InChI=1S/C19H23N3O3.C17H19N3O3S.C14H15N3O.C10H6N2O.C9H18ClNO2.C3H7NO2S.2CH2O3.4K.2H/c1-19(2,3)25-18(23)22(4)10-5-11-24-16-8-9-17-14(12-16)6-7-15(13-20)21-17;1-18-7-2-8-23-12-4-6-13-11(9-12)3-5-14(19-13)16-20-15(10-24-16)17(21)22;1-16-7-2-8-18-13-5-6-14-11(9-13)3-4-12(10-15)17-14;11-6-8-2-1-7-5-9(13)3-4-10(7)12-8;1-9(2,3)13-8(12)11(4)7-5-6-10;4-2(1-7)3(5)6;2*2-1-4-3;;;;;;/h6-9,12H,5,10-11H2,1-4H3;3-6,9,15,18H,2,7-8,10H2,1H3,(H,21,22);3-6,9,16H,2,7-8H2,1H3;1-5,13H;5-7H2,1-4H3;2,7H,1,4H2,(H,5,6);2*1,3H;;;;;;/q;;;;;;;;4*+1;2*-1/p-2/t;15-;;;;2-;;;;;;;;/m.1...1......../s1. The number of nitrogens with two attached hydrogens (primary N) is 1. The van der Waals surface area contributed by atoms with Gasteiger partial charge >= 0.3 is 230 Å². The molecule has 0 aliphatic carbocycles. The normalized spacial score (nSPS) is 11.4. The second-order valence-electron chi connectivity index (χ2n) is 24.3. The summed E-state index contributed by atoms with van der Waals surface area (Å²) in [6.07, 6.45) is 2.78.